The highest BCUT2D eigenvalue weighted by atomic mass is 19.1. The van der Waals surface area contributed by atoms with Gasteiger partial charge in [0, 0.05) is 32.3 Å². The Labute approximate surface area is 139 Å². The van der Waals surface area contributed by atoms with Gasteiger partial charge < -0.3 is 20.6 Å². The minimum absolute atomic E-state index is 0.0111. The molecule has 1 aliphatic rings. The lowest BCUT2D eigenvalue weighted by atomic mass is 10.1. The Morgan fingerprint density at radius 3 is 2.67 bits per heavy atom. The Morgan fingerprint density at radius 2 is 2.08 bits per heavy atom. The van der Waals surface area contributed by atoms with Crippen LogP contribution in [0.1, 0.15) is 12.0 Å². The van der Waals surface area contributed by atoms with Crippen LogP contribution in [0.25, 0.3) is 6.08 Å². The van der Waals surface area contributed by atoms with Gasteiger partial charge in [0.05, 0.1) is 24.9 Å². The van der Waals surface area contributed by atoms with E-state index in [9.17, 15) is 24.5 Å². The third-order valence-corrected chi connectivity index (χ3v) is 4.23. The standard InChI is InChI=1S/C16H22FN3O4/c1-18-14(22)7-11-15(23)16(24)12(9-21)20(11)6-2-3-10-4-5-13(17)19-8-10/h2-5,8,11-12,15-16,21,23-24H,6-7,9H2,1H3,(H,18,22)/t11-,12-,15-,16-/m1/s1. The zero-order valence-corrected chi connectivity index (χ0v) is 13.3. The summed E-state index contributed by atoms with van der Waals surface area (Å²) in [5.74, 6) is -0.828. The smallest absolute Gasteiger partial charge is 0.221 e. The van der Waals surface area contributed by atoms with E-state index in [4.69, 9.17) is 0 Å². The predicted octanol–water partition coefficient (Wildman–Crippen LogP) is -0.863. The van der Waals surface area contributed by atoms with Crippen molar-refractivity contribution in [3.05, 3.63) is 35.9 Å². The number of pyridine rings is 1. The van der Waals surface area contributed by atoms with Crippen molar-refractivity contribution in [1.82, 2.24) is 15.2 Å². The van der Waals surface area contributed by atoms with Crippen molar-refractivity contribution >= 4 is 12.0 Å². The van der Waals surface area contributed by atoms with E-state index in [1.807, 2.05) is 0 Å². The summed E-state index contributed by atoms with van der Waals surface area (Å²) in [5.41, 5.74) is 0.695. The molecule has 0 aliphatic carbocycles. The number of aliphatic hydroxyl groups excluding tert-OH is 3. The summed E-state index contributed by atoms with van der Waals surface area (Å²) >= 11 is 0. The first-order valence-corrected chi connectivity index (χ1v) is 7.69. The SMILES string of the molecule is CNC(=O)C[C@@H]1[C@@H](O)[C@H](O)[C@@H](CO)N1CC=Cc1ccc(F)nc1. The van der Waals surface area contributed by atoms with Crippen molar-refractivity contribution in [3.63, 3.8) is 0 Å². The van der Waals surface area contributed by atoms with Gasteiger partial charge in [0.2, 0.25) is 11.9 Å². The van der Waals surface area contributed by atoms with E-state index in [-0.39, 0.29) is 18.9 Å². The number of aliphatic hydroxyl groups is 3. The van der Waals surface area contributed by atoms with Crippen LogP contribution in [0.3, 0.4) is 0 Å². The lowest BCUT2D eigenvalue weighted by Gasteiger charge is -2.28. The van der Waals surface area contributed by atoms with Crippen LogP contribution in [-0.4, -0.2) is 75.6 Å². The second kappa shape index (κ2) is 8.29. The van der Waals surface area contributed by atoms with Gasteiger partial charge in [0.1, 0.15) is 0 Å². The largest absolute Gasteiger partial charge is 0.395 e. The zero-order chi connectivity index (χ0) is 17.7. The average Bonchev–Trinajstić information content (AvgIpc) is 2.80. The zero-order valence-electron chi connectivity index (χ0n) is 13.3. The molecule has 4 atom stereocenters. The highest BCUT2D eigenvalue weighted by molar-refractivity contribution is 5.76. The maximum absolute atomic E-state index is 12.8. The van der Waals surface area contributed by atoms with Gasteiger partial charge in [-0.15, -0.1) is 0 Å². The van der Waals surface area contributed by atoms with Gasteiger partial charge in [-0.05, 0) is 17.7 Å². The summed E-state index contributed by atoms with van der Waals surface area (Å²) in [4.78, 5) is 16.9. The maximum Gasteiger partial charge on any atom is 0.221 e. The van der Waals surface area contributed by atoms with Crippen LogP contribution in [0.4, 0.5) is 4.39 Å². The number of nitrogens with zero attached hydrogens (tertiary/aromatic N) is 2. The molecule has 1 saturated heterocycles. The van der Waals surface area contributed by atoms with Crippen molar-refractivity contribution in [2.24, 2.45) is 0 Å². The first kappa shape index (κ1) is 18.5. The minimum atomic E-state index is -1.13. The molecule has 0 aromatic carbocycles. The van der Waals surface area contributed by atoms with E-state index in [1.54, 1.807) is 23.1 Å². The van der Waals surface area contributed by atoms with E-state index < -0.39 is 30.2 Å². The summed E-state index contributed by atoms with van der Waals surface area (Å²) in [6.45, 7) is -0.0349. The molecule has 2 rings (SSSR count). The van der Waals surface area contributed by atoms with Crippen LogP contribution in [0.15, 0.2) is 24.4 Å². The molecule has 1 amide bonds. The van der Waals surface area contributed by atoms with Gasteiger partial charge in [0.15, 0.2) is 0 Å². The fourth-order valence-corrected chi connectivity index (χ4v) is 2.90. The normalized spacial score (nSPS) is 27.7. The number of likely N-dealkylation sites (tertiary alicyclic amines) is 1. The number of hydrogen-bond donors (Lipinski definition) is 4. The molecular weight excluding hydrogens is 317 g/mol. The topological polar surface area (TPSA) is 106 Å². The Morgan fingerprint density at radius 1 is 1.38 bits per heavy atom. The van der Waals surface area contributed by atoms with Gasteiger partial charge >= 0.3 is 0 Å². The number of hydrogen-bond acceptors (Lipinski definition) is 6. The summed E-state index contributed by atoms with van der Waals surface area (Å²) in [7, 11) is 1.50. The van der Waals surface area contributed by atoms with Crippen molar-refractivity contribution < 1.29 is 24.5 Å². The molecule has 7 nitrogen and oxygen atoms in total. The minimum Gasteiger partial charge on any atom is -0.395 e. The van der Waals surface area contributed by atoms with Gasteiger partial charge in [-0.3, -0.25) is 9.69 Å². The van der Waals surface area contributed by atoms with Crippen molar-refractivity contribution in [3.8, 4) is 0 Å². The highest BCUT2D eigenvalue weighted by Gasteiger charge is 2.47. The monoisotopic (exact) mass is 339 g/mol. The number of aromatic nitrogens is 1. The molecule has 0 bridgehead atoms. The third-order valence-electron chi connectivity index (χ3n) is 4.23. The van der Waals surface area contributed by atoms with Crippen molar-refractivity contribution in [2.45, 2.75) is 30.7 Å². The Hall–Kier alpha value is -1.87. The average molecular weight is 339 g/mol. The van der Waals surface area contributed by atoms with Gasteiger partial charge in [-0.2, -0.15) is 4.39 Å². The molecule has 1 aliphatic heterocycles. The Balaban J connectivity index is 2.10. The molecule has 8 heteroatoms. The molecule has 0 unspecified atom stereocenters. The van der Waals surface area contributed by atoms with Gasteiger partial charge in [0.25, 0.3) is 0 Å². The second-order valence-electron chi connectivity index (χ2n) is 5.69. The molecule has 132 valence electrons. The van der Waals surface area contributed by atoms with Crippen molar-refractivity contribution in [2.75, 3.05) is 20.2 Å². The molecule has 1 aromatic rings. The molecule has 0 spiro atoms. The number of halogens is 1. The fourth-order valence-electron chi connectivity index (χ4n) is 2.90. The van der Waals surface area contributed by atoms with Crippen LogP contribution in [0.5, 0.6) is 0 Å². The third kappa shape index (κ3) is 4.15. The van der Waals surface area contributed by atoms with Crippen LogP contribution in [-0.2, 0) is 4.79 Å². The second-order valence-corrected chi connectivity index (χ2v) is 5.69. The quantitative estimate of drug-likeness (QED) is 0.503. The number of nitrogens with one attached hydrogen (secondary N) is 1. The first-order valence-electron chi connectivity index (χ1n) is 7.69. The summed E-state index contributed by atoms with van der Waals surface area (Å²) in [6, 6.07) is 1.55. The molecule has 0 saturated carbocycles. The maximum atomic E-state index is 12.8. The summed E-state index contributed by atoms with van der Waals surface area (Å²) in [6.07, 6.45) is 2.60. The molecule has 2 heterocycles. The summed E-state index contributed by atoms with van der Waals surface area (Å²) in [5, 5.41) is 32.2. The lowest BCUT2D eigenvalue weighted by molar-refractivity contribution is -0.122. The van der Waals surface area contributed by atoms with Crippen molar-refractivity contribution in [1.29, 1.82) is 0 Å². The van der Waals surface area contributed by atoms with E-state index in [0.29, 0.717) is 12.1 Å². The van der Waals surface area contributed by atoms with Gasteiger partial charge in [-0.1, -0.05) is 12.2 Å². The predicted molar refractivity (Wildman–Crippen MR) is 85.3 cm³/mol. The Kier molecular flexibility index (Phi) is 6.38. The van der Waals surface area contributed by atoms with Crippen LogP contribution < -0.4 is 5.32 Å². The lowest BCUT2D eigenvalue weighted by Crippen LogP contribution is -2.43. The first-order chi connectivity index (χ1) is 11.5. The Bertz CT molecular complexity index is 581. The number of carbonyl (C=O) groups excluding carboxylic acids is 1. The fraction of sp³-hybridized carbons (Fsp3) is 0.500. The number of rotatable bonds is 6. The molecular formula is C16H22FN3O4. The molecule has 1 aromatic heterocycles. The van der Waals surface area contributed by atoms with Crippen LogP contribution in [0, 0.1) is 5.95 Å². The number of amides is 1. The molecule has 0 radical (unpaired) electrons. The number of carbonyl (C=O) groups is 1. The van der Waals surface area contributed by atoms with Gasteiger partial charge in [-0.25, -0.2) is 4.98 Å². The van der Waals surface area contributed by atoms with E-state index in [0.717, 1.165) is 0 Å². The molecule has 1 fully saturated rings. The van der Waals surface area contributed by atoms with E-state index in [2.05, 4.69) is 10.3 Å². The molecule has 4 N–H and O–H groups in total. The van der Waals surface area contributed by atoms with Crippen LogP contribution >= 0.6 is 0 Å². The van der Waals surface area contributed by atoms with E-state index in [1.165, 1.54) is 19.3 Å². The highest BCUT2D eigenvalue weighted by Crippen LogP contribution is 2.27. The van der Waals surface area contributed by atoms with Crippen LogP contribution in [0.2, 0.25) is 0 Å². The molecule has 24 heavy (non-hydrogen) atoms. The summed E-state index contributed by atoms with van der Waals surface area (Å²) < 4.78 is 12.8. The van der Waals surface area contributed by atoms with E-state index >= 15 is 0 Å².